The molecule has 0 unspecified atom stereocenters. The van der Waals surface area contributed by atoms with Crippen LogP contribution in [0.2, 0.25) is 0 Å². The van der Waals surface area contributed by atoms with Crippen molar-refractivity contribution in [1.29, 1.82) is 0 Å². The van der Waals surface area contributed by atoms with Crippen LogP contribution in [0.4, 0.5) is 0 Å². The molecule has 0 saturated heterocycles. The van der Waals surface area contributed by atoms with Crippen LogP contribution in [0.5, 0.6) is 0 Å². The molecule has 0 bridgehead atoms. The van der Waals surface area contributed by atoms with Crippen molar-refractivity contribution in [2.24, 2.45) is 0 Å². The molecule has 3 heteroatoms. The summed E-state index contributed by atoms with van der Waals surface area (Å²) in [6.07, 6.45) is 2.13. The molecule has 52 valence electrons. The second-order valence-electron chi connectivity index (χ2n) is 1.80. The van der Waals surface area contributed by atoms with Crippen LogP contribution in [-0.4, -0.2) is 37.5 Å². The SMILES string of the molecule is CSCCN(C)C.I. The molecule has 1 nitrogen and oxygen atoms in total. The van der Waals surface area contributed by atoms with E-state index < -0.39 is 0 Å². The lowest BCUT2D eigenvalue weighted by atomic mass is 10.7. The first kappa shape index (κ1) is 11.8. The number of hydrogen-bond acceptors (Lipinski definition) is 2. The van der Waals surface area contributed by atoms with E-state index >= 15 is 0 Å². The Morgan fingerprint density at radius 2 is 1.88 bits per heavy atom. The monoisotopic (exact) mass is 247 g/mol. The molecule has 0 N–H and O–H groups in total. The maximum absolute atomic E-state index is 2.19. The Bertz CT molecular complexity index is 41.4. The van der Waals surface area contributed by atoms with Crippen LogP contribution in [0.25, 0.3) is 0 Å². The average molecular weight is 247 g/mol. The fraction of sp³-hybridized carbons (Fsp3) is 1.00. The van der Waals surface area contributed by atoms with Crippen molar-refractivity contribution >= 4 is 35.7 Å². The van der Waals surface area contributed by atoms with E-state index in [1.54, 1.807) is 0 Å². The lowest BCUT2D eigenvalue weighted by Crippen LogP contribution is -2.14. The Hall–Kier alpha value is 1.04. The second-order valence-corrected chi connectivity index (χ2v) is 2.78. The first-order valence-electron chi connectivity index (χ1n) is 2.41. The minimum Gasteiger partial charge on any atom is -0.309 e. The Morgan fingerprint density at radius 3 is 2.00 bits per heavy atom. The molecule has 0 fully saturated rings. The molecule has 0 aliphatic heterocycles. The highest BCUT2D eigenvalue weighted by Gasteiger charge is 1.83. The van der Waals surface area contributed by atoms with Gasteiger partial charge in [0.1, 0.15) is 0 Å². The van der Waals surface area contributed by atoms with E-state index in [1.807, 2.05) is 11.8 Å². The van der Waals surface area contributed by atoms with E-state index in [9.17, 15) is 0 Å². The van der Waals surface area contributed by atoms with Crippen LogP contribution in [0.3, 0.4) is 0 Å². The summed E-state index contributed by atoms with van der Waals surface area (Å²) in [7, 11) is 4.19. The van der Waals surface area contributed by atoms with Gasteiger partial charge in [0.05, 0.1) is 0 Å². The lowest BCUT2D eigenvalue weighted by Gasteiger charge is -2.05. The smallest absolute Gasteiger partial charge is 0.00661 e. The van der Waals surface area contributed by atoms with E-state index in [1.165, 1.54) is 12.3 Å². The van der Waals surface area contributed by atoms with Crippen LogP contribution < -0.4 is 0 Å². The van der Waals surface area contributed by atoms with Gasteiger partial charge in [-0.1, -0.05) is 0 Å². The van der Waals surface area contributed by atoms with Gasteiger partial charge in [-0.15, -0.1) is 24.0 Å². The van der Waals surface area contributed by atoms with Gasteiger partial charge in [0, 0.05) is 12.3 Å². The van der Waals surface area contributed by atoms with E-state index in [-0.39, 0.29) is 24.0 Å². The summed E-state index contributed by atoms with van der Waals surface area (Å²) < 4.78 is 0. The summed E-state index contributed by atoms with van der Waals surface area (Å²) in [4.78, 5) is 2.19. The van der Waals surface area contributed by atoms with Crippen molar-refractivity contribution in [3.63, 3.8) is 0 Å². The van der Waals surface area contributed by atoms with Gasteiger partial charge in [0.2, 0.25) is 0 Å². The van der Waals surface area contributed by atoms with Crippen LogP contribution in [0, 0.1) is 0 Å². The average Bonchev–Trinajstić information content (AvgIpc) is 1.61. The second kappa shape index (κ2) is 8.04. The lowest BCUT2D eigenvalue weighted by molar-refractivity contribution is 0.437. The summed E-state index contributed by atoms with van der Waals surface area (Å²) in [5.41, 5.74) is 0. The van der Waals surface area contributed by atoms with Crippen molar-refractivity contribution in [3.8, 4) is 0 Å². The zero-order valence-corrected chi connectivity index (χ0v) is 8.82. The van der Waals surface area contributed by atoms with Crippen LogP contribution >= 0.6 is 35.7 Å². The predicted molar refractivity (Wildman–Crippen MR) is 52.4 cm³/mol. The van der Waals surface area contributed by atoms with Gasteiger partial charge < -0.3 is 4.90 Å². The minimum absolute atomic E-state index is 0. The van der Waals surface area contributed by atoms with Crippen molar-refractivity contribution in [3.05, 3.63) is 0 Å². The van der Waals surface area contributed by atoms with Gasteiger partial charge in [-0.25, -0.2) is 0 Å². The third-order valence-electron chi connectivity index (χ3n) is 0.743. The Kier molecular flexibility index (Phi) is 11.8. The highest BCUT2D eigenvalue weighted by molar-refractivity contribution is 14.0. The normalized spacial score (nSPS) is 9.00. The molecule has 0 radical (unpaired) electrons. The molecule has 0 aromatic carbocycles. The Labute approximate surface area is 73.2 Å². The fourth-order valence-corrected chi connectivity index (χ4v) is 0.822. The number of hydrogen-bond donors (Lipinski definition) is 0. The highest BCUT2D eigenvalue weighted by atomic mass is 127. The molecular weight excluding hydrogens is 233 g/mol. The van der Waals surface area contributed by atoms with Gasteiger partial charge in [-0.3, -0.25) is 0 Å². The molecule has 0 spiro atoms. The summed E-state index contributed by atoms with van der Waals surface area (Å²) in [5.74, 6) is 1.24. The Balaban J connectivity index is 0. The predicted octanol–water partition coefficient (Wildman–Crippen LogP) is 1.53. The summed E-state index contributed by atoms with van der Waals surface area (Å²) in [6.45, 7) is 1.20. The van der Waals surface area contributed by atoms with Gasteiger partial charge in [0.15, 0.2) is 0 Å². The van der Waals surface area contributed by atoms with Crippen LogP contribution in [0.15, 0.2) is 0 Å². The van der Waals surface area contributed by atoms with E-state index in [0.29, 0.717) is 0 Å². The van der Waals surface area contributed by atoms with Gasteiger partial charge >= 0.3 is 0 Å². The molecule has 0 heterocycles. The molecule has 0 aromatic rings. The topological polar surface area (TPSA) is 3.24 Å². The summed E-state index contributed by atoms with van der Waals surface area (Å²) >= 11 is 1.89. The molecule has 0 amide bonds. The van der Waals surface area contributed by atoms with E-state index in [4.69, 9.17) is 0 Å². The molecule has 0 atom stereocenters. The number of halogens is 1. The highest BCUT2D eigenvalue weighted by Crippen LogP contribution is 1.89. The van der Waals surface area contributed by atoms with Gasteiger partial charge in [-0.2, -0.15) is 11.8 Å². The minimum atomic E-state index is 0. The zero-order chi connectivity index (χ0) is 5.70. The number of nitrogens with zero attached hydrogens (tertiary/aromatic N) is 1. The molecular formula is C5H14INS. The molecule has 0 rings (SSSR count). The zero-order valence-electron chi connectivity index (χ0n) is 5.68. The Morgan fingerprint density at radius 1 is 1.38 bits per heavy atom. The third kappa shape index (κ3) is 10.1. The van der Waals surface area contributed by atoms with E-state index in [0.717, 1.165) is 0 Å². The maximum atomic E-state index is 2.19. The number of thioether (sulfide) groups is 1. The maximum Gasteiger partial charge on any atom is 0.00661 e. The molecule has 0 aromatic heterocycles. The third-order valence-corrected chi connectivity index (χ3v) is 1.33. The number of rotatable bonds is 3. The largest absolute Gasteiger partial charge is 0.309 e. The fourth-order valence-electron chi connectivity index (χ4n) is 0.274. The summed E-state index contributed by atoms with van der Waals surface area (Å²) in [6, 6.07) is 0. The quantitative estimate of drug-likeness (QED) is 0.696. The molecule has 0 aliphatic carbocycles. The van der Waals surface area contributed by atoms with Crippen molar-refractivity contribution in [2.75, 3.05) is 32.6 Å². The standard InChI is InChI=1S/C5H13NS.HI/c1-6(2)4-5-7-3;/h4-5H2,1-3H3;1H. The first-order chi connectivity index (χ1) is 3.27. The molecule has 0 aliphatic rings. The van der Waals surface area contributed by atoms with Crippen molar-refractivity contribution in [1.82, 2.24) is 4.90 Å². The summed E-state index contributed by atoms with van der Waals surface area (Å²) in [5, 5.41) is 0. The van der Waals surface area contributed by atoms with E-state index in [2.05, 4.69) is 25.3 Å². The van der Waals surface area contributed by atoms with Crippen LogP contribution in [-0.2, 0) is 0 Å². The van der Waals surface area contributed by atoms with Crippen molar-refractivity contribution < 1.29 is 0 Å². The van der Waals surface area contributed by atoms with Crippen molar-refractivity contribution in [2.45, 2.75) is 0 Å². The van der Waals surface area contributed by atoms with Crippen LogP contribution in [0.1, 0.15) is 0 Å². The first-order valence-corrected chi connectivity index (χ1v) is 3.80. The van der Waals surface area contributed by atoms with Gasteiger partial charge in [0.25, 0.3) is 0 Å². The van der Waals surface area contributed by atoms with Gasteiger partial charge in [-0.05, 0) is 20.4 Å². The molecule has 0 saturated carbocycles. The molecule has 8 heavy (non-hydrogen) atoms.